The fraction of sp³-hybridized carbons (Fsp3) is 0.175. The number of rotatable bonds is 15. The van der Waals surface area contributed by atoms with E-state index in [1.165, 1.54) is 23.9 Å². The molecule has 0 amide bonds. The first-order valence-electron chi connectivity index (χ1n) is 17.5. The quantitative estimate of drug-likeness (QED) is 0.0242. The molecule has 0 aliphatic carbocycles. The number of hydrogen-bond acceptors (Lipinski definition) is 13. The molecule has 21 heteroatoms. The van der Waals surface area contributed by atoms with Crippen LogP contribution in [0, 0.1) is 0 Å². The summed E-state index contributed by atoms with van der Waals surface area (Å²) >= 11 is 3.70. The summed E-state index contributed by atoms with van der Waals surface area (Å²) in [4.78, 5) is 48.8. The Morgan fingerprint density at radius 1 is 0.672 bits per heavy atom. The molecule has 0 bridgehead atoms. The summed E-state index contributed by atoms with van der Waals surface area (Å²) in [5.41, 5.74) is 4.95. The summed E-state index contributed by atoms with van der Waals surface area (Å²) in [5.74, 6) is 0. The van der Waals surface area contributed by atoms with Crippen LogP contribution >= 0.6 is 12.2 Å². The second-order valence-corrected chi connectivity index (χ2v) is 24.2. The standard InChI is InChI=1S/C24H17N3O6.C15H22F3N4Si2.CNS.Ru/c28-15-31-8-3-18-1-6-25-21(11-18)23-13-20(5-10-33-17-30)14-24(27-23)22-12-19(2-7-26-22)4-9-32-16-29;1-23(2,3)22(24(4,5)6)11-7-8-19-12(9-11)13-10-14(21-20-13)15(16,17)18;2-1-3;/h1-17H;7-10H,1-6H3;;/q;2*-1;+2/b8-3+,9-4+,10-5+;;;. The van der Waals surface area contributed by atoms with Crippen LogP contribution in [-0.2, 0) is 54.2 Å². The van der Waals surface area contributed by atoms with Gasteiger partial charge in [0.15, 0.2) is 0 Å². The number of carbonyl (C=O) groups excluding carboxylic acids is 3. The van der Waals surface area contributed by atoms with Crippen LogP contribution in [0.2, 0.25) is 39.3 Å². The third-order valence-electron chi connectivity index (χ3n) is 7.56. The minimum absolute atomic E-state index is 0. The molecule has 0 atom stereocenters. The minimum atomic E-state index is -4.49. The van der Waals surface area contributed by atoms with E-state index in [-0.39, 0.29) is 25.2 Å². The number of pyridine rings is 4. The fourth-order valence-corrected chi connectivity index (χ4v) is 15.7. The predicted octanol–water partition coefficient (Wildman–Crippen LogP) is 8.89. The van der Waals surface area contributed by atoms with Gasteiger partial charge < -0.3 is 34.0 Å². The second kappa shape index (κ2) is 24.2. The van der Waals surface area contributed by atoms with E-state index in [9.17, 15) is 27.6 Å². The van der Waals surface area contributed by atoms with Crippen LogP contribution in [-0.4, -0.2) is 66.1 Å². The molecule has 0 spiro atoms. The Kier molecular flexibility index (Phi) is 20.3. The van der Waals surface area contributed by atoms with Crippen molar-refractivity contribution in [3.63, 3.8) is 0 Å². The Morgan fingerprint density at radius 2 is 1.08 bits per heavy atom. The molecule has 5 aromatic rings. The van der Waals surface area contributed by atoms with Gasteiger partial charge in [0.1, 0.15) is 22.2 Å². The summed E-state index contributed by atoms with van der Waals surface area (Å²) in [5, 5.41) is 15.3. The van der Waals surface area contributed by atoms with Gasteiger partial charge in [-0.25, -0.2) is 4.98 Å². The van der Waals surface area contributed by atoms with Gasteiger partial charge in [-0.15, -0.1) is 0 Å². The molecule has 61 heavy (non-hydrogen) atoms. The maximum atomic E-state index is 12.7. The van der Waals surface area contributed by atoms with E-state index in [1.54, 1.807) is 73.2 Å². The molecule has 0 unspecified atom stereocenters. The number of carbonyl (C=O) groups is 3. The minimum Gasteiger partial charge on any atom is -0.753 e. The summed E-state index contributed by atoms with van der Waals surface area (Å²) in [6.07, 6.45) is 8.94. The number of thiocarbonyl (C=S) groups is 1. The van der Waals surface area contributed by atoms with Crippen LogP contribution in [0.4, 0.5) is 18.9 Å². The molecule has 0 radical (unpaired) electrons. The molecular weight excluding hydrogens is 935 g/mol. The molecule has 5 rings (SSSR count). The molecule has 5 aromatic heterocycles. The van der Waals surface area contributed by atoms with Crippen molar-refractivity contribution in [3.8, 4) is 34.2 Å². The average Bonchev–Trinajstić information content (AvgIpc) is 3.70. The summed E-state index contributed by atoms with van der Waals surface area (Å²) in [7, 11) is -3.32. The van der Waals surface area contributed by atoms with Gasteiger partial charge in [0.25, 0.3) is 19.4 Å². The zero-order valence-corrected chi connectivity index (χ0v) is 38.1. The van der Waals surface area contributed by atoms with Crippen LogP contribution in [0.25, 0.3) is 57.8 Å². The molecule has 318 valence electrons. The van der Waals surface area contributed by atoms with Crippen molar-refractivity contribution in [3.05, 3.63) is 120 Å². The number of ether oxygens (including phenoxy) is 3. The number of alkyl halides is 3. The molecule has 0 aromatic carbocycles. The van der Waals surface area contributed by atoms with Gasteiger partial charge in [-0.2, -0.15) is 18.3 Å². The van der Waals surface area contributed by atoms with Crippen LogP contribution in [0.1, 0.15) is 22.4 Å². The van der Waals surface area contributed by atoms with Crippen molar-refractivity contribution < 1.29 is 61.2 Å². The van der Waals surface area contributed by atoms with Crippen molar-refractivity contribution >= 4 is 77.2 Å². The van der Waals surface area contributed by atoms with E-state index in [1.807, 2.05) is 12.1 Å². The van der Waals surface area contributed by atoms with Gasteiger partial charge in [-0.3, -0.25) is 29.3 Å². The molecule has 5 heterocycles. The maximum Gasteiger partial charge on any atom is 2.00 e. The van der Waals surface area contributed by atoms with Gasteiger partial charge in [0.2, 0.25) is 0 Å². The van der Waals surface area contributed by atoms with Gasteiger partial charge in [0.05, 0.1) is 47.3 Å². The molecule has 0 saturated carbocycles. The van der Waals surface area contributed by atoms with E-state index < -0.39 is 28.3 Å². The fourth-order valence-electron chi connectivity index (χ4n) is 5.78. The number of isothiocyanates is 1. The number of anilines is 1. The van der Waals surface area contributed by atoms with Crippen molar-refractivity contribution in [2.75, 3.05) is 4.23 Å². The Hall–Kier alpha value is -6.11. The second-order valence-electron chi connectivity index (χ2n) is 14.0. The number of nitrogens with zero attached hydrogens (tertiary/aromatic N) is 8. The molecule has 0 saturated heterocycles. The Bertz CT molecular complexity index is 2270. The Balaban J connectivity index is 0.000000405. The maximum absolute atomic E-state index is 12.7. The molecule has 0 N–H and O–H groups in total. The van der Waals surface area contributed by atoms with Crippen molar-refractivity contribution in [2.45, 2.75) is 45.5 Å². The normalized spacial score (nSPS) is 11.3. The summed E-state index contributed by atoms with van der Waals surface area (Å²) in [6.45, 7) is 14.5. The SMILES string of the molecule is C[Si](C)(C)N(c1ccnc(-c2cc(C(F)(F)F)n[n-]2)c1)[Si](C)(C)C.O=CO/C=C/c1ccnc(-c2cc(/C=C/OC=O)cc(-c3cc(/C=C/OC=O)ccn3)n2)c1.[N-]=C=S.[Ru+2]. The summed E-state index contributed by atoms with van der Waals surface area (Å²) in [6, 6.07) is 15.3. The number of hydrogen-bond donors (Lipinski definition) is 0. The van der Waals surface area contributed by atoms with Gasteiger partial charge >= 0.3 is 25.7 Å². The first-order chi connectivity index (χ1) is 28.4. The Morgan fingerprint density at radius 3 is 1.49 bits per heavy atom. The topological polar surface area (TPSA) is 183 Å². The number of aromatic nitrogens is 6. The van der Waals surface area contributed by atoms with Gasteiger partial charge in [-0.1, -0.05) is 57.2 Å². The van der Waals surface area contributed by atoms with E-state index in [4.69, 9.17) is 5.41 Å². The van der Waals surface area contributed by atoms with Crippen molar-refractivity contribution in [1.82, 2.24) is 30.1 Å². The van der Waals surface area contributed by atoms with E-state index >= 15 is 0 Å². The zero-order valence-electron chi connectivity index (χ0n) is 33.5. The molecule has 0 fully saturated rings. The monoisotopic (exact) mass is 974 g/mol. The van der Waals surface area contributed by atoms with E-state index in [2.05, 4.69) is 100 Å². The Labute approximate surface area is 370 Å². The summed E-state index contributed by atoms with van der Waals surface area (Å²) < 4.78 is 54.5. The van der Waals surface area contributed by atoms with Gasteiger partial charge in [-0.05, 0) is 89.5 Å². The molecule has 14 nitrogen and oxygen atoms in total. The molecule has 0 aliphatic rings. The zero-order chi connectivity index (χ0) is 44.3. The predicted molar refractivity (Wildman–Crippen MR) is 230 cm³/mol. The van der Waals surface area contributed by atoms with Gasteiger partial charge in [0, 0.05) is 24.3 Å². The number of halogens is 3. The third kappa shape index (κ3) is 16.5. The third-order valence-corrected chi connectivity index (χ3v) is 14.8. The first kappa shape index (κ1) is 51.0. The van der Waals surface area contributed by atoms with E-state index in [0.29, 0.717) is 53.4 Å². The largest absolute Gasteiger partial charge is 2.00 e. The van der Waals surface area contributed by atoms with Crippen LogP contribution in [0.5, 0.6) is 0 Å². The smallest absolute Gasteiger partial charge is 0.753 e. The van der Waals surface area contributed by atoms with E-state index in [0.717, 1.165) is 22.9 Å². The molecular formula is C40H39F3N8O6RuSSi2. The van der Waals surface area contributed by atoms with Crippen LogP contribution in [0.15, 0.2) is 92.0 Å². The molecule has 0 aliphatic heterocycles. The average molecular weight is 974 g/mol. The van der Waals surface area contributed by atoms with Crippen molar-refractivity contribution in [2.24, 2.45) is 0 Å². The first-order valence-corrected chi connectivity index (χ1v) is 24.8. The van der Waals surface area contributed by atoms with Crippen molar-refractivity contribution in [1.29, 1.82) is 0 Å². The van der Waals surface area contributed by atoms with Crippen LogP contribution < -0.4 is 9.33 Å². The van der Waals surface area contributed by atoms with Crippen LogP contribution in [0.3, 0.4) is 0 Å².